The number of anilines is 3. The van der Waals surface area contributed by atoms with Gasteiger partial charge in [-0.2, -0.15) is 0 Å². The van der Waals surface area contributed by atoms with Gasteiger partial charge in [0.25, 0.3) is 0 Å². The molecular formula is C40H29NO2. The van der Waals surface area contributed by atoms with E-state index in [1.54, 1.807) is 6.08 Å². The van der Waals surface area contributed by atoms with Gasteiger partial charge >= 0.3 is 0 Å². The fourth-order valence-electron chi connectivity index (χ4n) is 5.72. The molecule has 0 saturated heterocycles. The Kier molecular flexibility index (Phi) is 7.15. The molecule has 0 spiro atoms. The van der Waals surface area contributed by atoms with E-state index in [2.05, 4.69) is 104 Å². The number of ketones is 2. The highest BCUT2D eigenvalue weighted by molar-refractivity contribution is 6.41. The lowest BCUT2D eigenvalue weighted by Crippen LogP contribution is -2.11. The minimum atomic E-state index is -0.322. The van der Waals surface area contributed by atoms with Crippen LogP contribution in [0.2, 0.25) is 0 Å². The van der Waals surface area contributed by atoms with Gasteiger partial charge < -0.3 is 4.90 Å². The van der Waals surface area contributed by atoms with Gasteiger partial charge in [0, 0.05) is 27.9 Å². The first-order chi connectivity index (χ1) is 21.0. The number of allylic oxidation sites excluding steroid dienone is 5. The van der Waals surface area contributed by atoms with Crippen molar-refractivity contribution in [2.24, 2.45) is 0 Å². The van der Waals surface area contributed by atoms with Crippen LogP contribution in [0.1, 0.15) is 16.7 Å². The quantitative estimate of drug-likeness (QED) is 0.141. The third-order valence-electron chi connectivity index (χ3n) is 7.87. The fraction of sp³-hybridized carbons (Fsp3) is 0. The molecule has 0 atom stereocenters. The summed E-state index contributed by atoms with van der Waals surface area (Å²) in [7, 11) is 0. The second-order valence-corrected chi connectivity index (χ2v) is 10.3. The van der Waals surface area contributed by atoms with Crippen molar-refractivity contribution < 1.29 is 9.59 Å². The molecule has 1 aliphatic carbocycles. The van der Waals surface area contributed by atoms with Crippen molar-refractivity contribution in [3.8, 4) is 0 Å². The Morgan fingerprint density at radius 2 is 1.16 bits per heavy atom. The molecule has 0 radical (unpaired) electrons. The number of hydrogen-bond donors (Lipinski definition) is 0. The first kappa shape index (κ1) is 27.4. The van der Waals surface area contributed by atoms with Crippen molar-refractivity contribution in [2.45, 2.75) is 0 Å². The third kappa shape index (κ3) is 4.77. The predicted octanol–water partition coefficient (Wildman–Crippen LogP) is 9.95. The SMILES string of the molecule is C=CC1=C(C=C)C(=O)C(=Cc2ccc3cc(N(c4ccc(C=C)c(C=C)c4)c4cccc5ccccc45)ccc3c2)C1=O. The summed E-state index contributed by atoms with van der Waals surface area (Å²) in [5, 5.41) is 4.30. The molecule has 5 aromatic rings. The third-order valence-corrected chi connectivity index (χ3v) is 7.87. The molecule has 0 amide bonds. The molecule has 0 bridgehead atoms. The molecule has 0 aliphatic heterocycles. The Hall–Kier alpha value is -5.80. The molecule has 0 fully saturated rings. The monoisotopic (exact) mass is 555 g/mol. The van der Waals surface area contributed by atoms with Gasteiger partial charge in [0.05, 0.1) is 11.3 Å². The van der Waals surface area contributed by atoms with Crippen LogP contribution in [-0.2, 0) is 9.59 Å². The summed E-state index contributed by atoms with van der Waals surface area (Å²) in [6, 6.07) is 33.2. The number of Topliss-reactive ketones (excluding diaryl/α,β-unsaturated/α-hetero) is 2. The fourth-order valence-corrected chi connectivity index (χ4v) is 5.72. The number of fused-ring (bicyclic) bond motifs is 2. The largest absolute Gasteiger partial charge is 0.310 e. The molecule has 1 aliphatic rings. The molecule has 206 valence electrons. The Morgan fingerprint density at radius 3 is 1.88 bits per heavy atom. The van der Waals surface area contributed by atoms with Crippen LogP contribution in [0.25, 0.3) is 39.8 Å². The molecule has 0 unspecified atom stereocenters. The molecule has 3 heteroatoms. The average molecular weight is 556 g/mol. The van der Waals surface area contributed by atoms with Crippen molar-refractivity contribution >= 4 is 68.4 Å². The number of carbonyl (C=O) groups is 2. The molecule has 0 saturated carbocycles. The molecule has 6 rings (SSSR count). The van der Waals surface area contributed by atoms with Crippen LogP contribution in [0.5, 0.6) is 0 Å². The first-order valence-corrected chi connectivity index (χ1v) is 14.0. The number of carbonyl (C=O) groups excluding carboxylic acids is 2. The van der Waals surface area contributed by atoms with Crippen LogP contribution in [-0.4, -0.2) is 11.6 Å². The average Bonchev–Trinajstić information content (AvgIpc) is 3.28. The van der Waals surface area contributed by atoms with E-state index in [0.29, 0.717) is 11.1 Å². The summed E-state index contributed by atoms with van der Waals surface area (Å²) in [4.78, 5) is 28.0. The van der Waals surface area contributed by atoms with Crippen LogP contribution in [0.4, 0.5) is 17.1 Å². The normalized spacial score (nSPS) is 13.0. The summed E-state index contributed by atoms with van der Waals surface area (Å²) in [5.74, 6) is -0.644. The maximum Gasteiger partial charge on any atom is 0.197 e. The standard InChI is InChI=1S/C40H29NO2/c1-5-27-18-20-32(24-28(27)6-2)41(38-15-11-13-29-12-9-10-14-36(29)38)33-21-19-30-22-26(16-17-31(30)25-33)23-37-39(42)34(7-3)35(8-4)40(37)43/h5-25H,1-4H2. The van der Waals surface area contributed by atoms with Gasteiger partial charge in [-0.15, -0.1) is 0 Å². The topological polar surface area (TPSA) is 37.4 Å². The summed E-state index contributed by atoms with van der Waals surface area (Å²) < 4.78 is 0. The van der Waals surface area contributed by atoms with Crippen LogP contribution in [0, 0.1) is 0 Å². The minimum Gasteiger partial charge on any atom is -0.310 e. The van der Waals surface area contributed by atoms with Crippen LogP contribution in [0.15, 0.2) is 152 Å². The predicted molar refractivity (Wildman–Crippen MR) is 182 cm³/mol. The van der Waals surface area contributed by atoms with E-state index in [1.165, 1.54) is 12.2 Å². The molecule has 3 nitrogen and oxygen atoms in total. The second kappa shape index (κ2) is 11.2. The lowest BCUT2D eigenvalue weighted by Gasteiger charge is -2.28. The van der Waals surface area contributed by atoms with Gasteiger partial charge in [-0.1, -0.05) is 111 Å². The second-order valence-electron chi connectivity index (χ2n) is 10.3. The van der Waals surface area contributed by atoms with E-state index in [1.807, 2.05) is 36.4 Å². The zero-order valence-corrected chi connectivity index (χ0v) is 23.7. The molecule has 5 aromatic carbocycles. The summed E-state index contributed by atoms with van der Waals surface area (Å²) in [6.07, 6.45) is 8.18. The summed E-state index contributed by atoms with van der Waals surface area (Å²) in [5.41, 5.74) is 6.56. The van der Waals surface area contributed by atoms with Crippen LogP contribution >= 0.6 is 0 Å². The van der Waals surface area contributed by atoms with E-state index < -0.39 is 0 Å². The highest BCUT2D eigenvalue weighted by Crippen LogP contribution is 2.41. The first-order valence-electron chi connectivity index (χ1n) is 14.0. The van der Waals surface area contributed by atoms with Crippen molar-refractivity contribution in [2.75, 3.05) is 4.90 Å². The van der Waals surface area contributed by atoms with E-state index in [4.69, 9.17) is 0 Å². The van der Waals surface area contributed by atoms with Gasteiger partial charge in [-0.25, -0.2) is 0 Å². The number of rotatable bonds is 8. The zero-order chi connectivity index (χ0) is 30.1. The maximum atomic E-state index is 12.9. The number of hydrogen-bond acceptors (Lipinski definition) is 3. The van der Waals surface area contributed by atoms with Gasteiger partial charge in [0.1, 0.15) is 0 Å². The highest BCUT2D eigenvalue weighted by Gasteiger charge is 2.32. The molecule has 0 heterocycles. The van der Waals surface area contributed by atoms with E-state index in [0.717, 1.165) is 55.3 Å². The Labute approximate surface area is 251 Å². The van der Waals surface area contributed by atoms with Crippen LogP contribution < -0.4 is 4.90 Å². The summed E-state index contributed by atoms with van der Waals surface area (Å²) in [6.45, 7) is 15.4. The number of benzene rings is 5. The Balaban J connectivity index is 1.47. The lowest BCUT2D eigenvalue weighted by molar-refractivity contribution is -0.115. The molecule has 43 heavy (non-hydrogen) atoms. The Morgan fingerprint density at radius 1 is 0.535 bits per heavy atom. The van der Waals surface area contributed by atoms with Crippen molar-refractivity contribution in [1.82, 2.24) is 0 Å². The minimum absolute atomic E-state index is 0.129. The smallest absolute Gasteiger partial charge is 0.197 e. The zero-order valence-electron chi connectivity index (χ0n) is 23.7. The van der Waals surface area contributed by atoms with E-state index in [9.17, 15) is 9.59 Å². The van der Waals surface area contributed by atoms with Gasteiger partial charge in [-0.3, -0.25) is 9.59 Å². The van der Waals surface area contributed by atoms with Crippen molar-refractivity contribution in [1.29, 1.82) is 0 Å². The maximum absolute atomic E-state index is 12.9. The van der Waals surface area contributed by atoms with Crippen molar-refractivity contribution in [3.63, 3.8) is 0 Å². The van der Waals surface area contributed by atoms with Gasteiger partial charge in [-0.05, 0) is 75.3 Å². The molecular weight excluding hydrogens is 526 g/mol. The van der Waals surface area contributed by atoms with Crippen molar-refractivity contribution in [3.05, 3.63) is 169 Å². The molecule has 0 N–H and O–H groups in total. The molecule has 0 aromatic heterocycles. The Bertz CT molecular complexity index is 2050. The highest BCUT2D eigenvalue weighted by atomic mass is 16.2. The van der Waals surface area contributed by atoms with Gasteiger partial charge in [0.15, 0.2) is 11.6 Å². The van der Waals surface area contributed by atoms with Gasteiger partial charge in [0.2, 0.25) is 0 Å². The number of nitrogens with zero attached hydrogens (tertiary/aromatic N) is 1. The van der Waals surface area contributed by atoms with E-state index in [-0.39, 0.29) is 17.1 Å². The van der Waals surface area contributed by atoms with Crippen LogP contribution in [0.3, 0.4) is 0 Å². The summed E-state index contributed by atoms with van der Waals surface area (Å²) >= 11 is 0. The van der Waals surface area contributed by atoms with E-state index >= 15 is 0 Å². The lowest BCUT2D eigenvalue weighted by atomic mass is 10.0.